The predicted octanol–water partition coefficient (Wildman–Crippen LogP) is 1.94. The summed E-state index contributed by atoms with van der Waals surface area (Å²) >= 11 is 0. The molecule has 0 unspecified atom stereocenters. The first-order chi connectivity index (χ1) is 8.31. The van der Waals surface area contributed by atoms with E-state index >= 15 is 0 Å². The van der Waals surface area contributed by atoms with E-state index in [2.05, 4.69) is 19.9 Å². The number of hydrogen-bond acceptors (Lipinski definition) is 5. The second-order valence-electron chi connectivity index (χ2n) is 3.38. The van der Waals surface area contributed by atoms with Gasteiger partial charge in [-0.2, -0.15) is 0 Å². The summed E-state index contributed by atoms with van der Waals surface area (Å²) in [6, 6.07) is 5.78. The van der Waals surface area contributed by atoms with Gasteiger partial charge in [-0.3, -0.25) is 0 Å². The molecule has 86 valence electrons. The van der Waals surface area contributed by atoms with Crippen LogP contribution in [0.5, 0.6) is 5.75 Å². The summed E-state index contributed by atoms with van der Waals surface area (Å²) in [7, 11) is 1.63. The molecule has 0 aliphatic rings. The number of benzene rings is 1. The van der Waals surface area contributed by atoms with Crippen LogP contribution in [0.4, 0.5) is 5.69 Å². The predicted molar refractivity (Wildman–Crippen MR) is 64.8 cm³/mol. The zero-order valence-corrected chi connectivity index (χ0v) is 9.66. The van der Waals surface area contributed by atoms with E-state index in [4.69, 9.17) is 4.74 Å². The number of hydrogen-bond donors (Lipinski definition) is 0. The SMILES string of the molecule is COc1c(C)cccc1N=Cc1ncncn1. The summed E-state index contributed by atoms with van der Waals surface area (Å²) in [5, 5.41) is 0. The second-order valence-corrected chi connectivity index (χ2v) is 3.38. The van der Waals surface area contributed by atoms with Crippen molar-refractivity contribution in [2.45, 2.75) is 6.92 Å². The molecule has 0 saturated carbocycles. The van der Waals surface area contributed by atoms with E-state index in [-0.39, 0.29) is 0 Å². The van der Waals surface area contributed by atoms with Crippen molar-refractivity contribution in [2.75, 3.05) is 7.11 Å². The molecule has 0 radical (unpaired) electrons. The quantitative estimate of drug-likeness (QED) is 0.753. The number of aliphatic imine (C=N–C) groups is 1. The van der Waals surface area contributed by atoms with Gasteiger partial charge in [-0.25, -0.2) is 19.9 Å². The highest BCUT2D eigenvalue weighted by Gasteiger charge is 2.03. The summed E-state index contributed by atoms with van der Waals surface area (Å²) in [4.78, 5) is 16.0. The van der Waals surface area contributed by atoms with Gasteiger partial charge in [0.15, 0.2) is 5.82 Å². The van der Waals surface area contributed by atoms with Crippen LogP contribution in [-0.4, -0.2) is 28.3 Å². The Balaban J connectivity index is 2.30. The van der Waals surface area contributed by atoms with Gasteiger partial charge in [0.1, 0.15) is 24.1 Å². The summed E-state index contributed by atoms with van der Waals surface area (Å²) < 4.78 is 5.30. The van der Waals surface area contributed by atoms with Gasteiger partial charge in [-0.1, -0.05) is 12.1 Å². The fraction of sp³-hybridized carbons (Fsp3) is 0.167. The van der Waals surface area contributed by atoms with Gasteiger partial charge in [0.05, 0.1) is 13.3 Å². The zero-order chi connectivity index (χ0) is 12.1. The molecular formula is C12H12N4O. The van der Waals surface area contributed by atoms with E-state index < -0.39 is 0 Å². The summed E-state index contributed by atoms with van der Waals surface area (Å²) in [6.07, 6.45) is 4.45. The molecule has 2 rings (SSSR count). The van der Waals surface area contributed by atoms with Gasteiger partial charge in [-0.05, 0) is 18.6 Å². The Bertz CT molecular complexity index is 525. The van der Waals surface area contributed by atoms with Crippen LogP contribution in [0.1, 0.15) is 11.4 Å². The third-order valence-corrected chi connectivity index (χ3v) is 2.23. The van der Waals surface area contributed by atoms with Crippen LogP contribution < -0.4 is 4.74 Å². The Labute approximate surface area is 99.3 Å². The molecule has 0 saturated heterocycles. The van der Waals surface area contributed by atoms with E-state index in [1.54, 1.807) is 13.3 Å². The lowest BCUT2D eigenvalue weighted by atomic mass is 10.2. The number of aryl methyl sites for hydroxylation is 1. The van der Waals surface area contributed by atoms with Crippen molar-refractivity contribution in [1.29, 1.82) is 0 Å². The number of para-hydroxylation sites is 1. The van der Waals surface area contributed by atoms with Crippen molar-refractivity contribution in [3.63, 3.8) is 0 Å². The van der Waals surface area contributed by atoms with Crippen molar-refractivity contribution in [2.24, 2.45) is 4.99 Å². The molecule has 1 heterocycles. The molecule has 2 aromatic rings. The molecular weight excluding hydrogens is 216 g/mol. The van der Waals surface area contributed by atoms with Crippen molar-refractivity contribution in [3.05, 3.63) is 42.2 Å². The molecule has 1 aromatic heterocycles. The van der Waals surface area contributed by atoms with Crippen LogP contribution in [0.2, 0.25) is 0 Å². The van der Waals surface area contributed by atoms with Gasteiger partial charge in [0.2, 0.25) is 0 Å². The fourth-order valence-electron chi connectivity index (χ4n) is 1.45. The van der Waals surface area contributed by atoms with Crippen LogP contribution in [-0.2, 0) is 0 Å². The van der Waals surface area contributed by atoms with E-state index in [1.807, 2.05) is 25.1 Å². The highest BCUT2D eigenvalue weighted by Crippen LogP contribution is 2.30. The minimum absolute atomic E-state index is 0.517. The summed E-state index contributed by atoms with van der Waals surface area (Å²) in [5.41, 5.74) is 1.80. The Morgan fingerprint density at radius 3 is 2.71 bits per heavy atom. The molecule has 1 aromatic carbocycles. The van der Waals surface area contributed by atoms with Gasteiger partial charge in [0.25, 0.3) is 0 Å². The molecule has 0 N–H and O–H groups in total. The van der Waals surface area contributed by atoms with Crippen molar-refractivity contribution < 1.29 is 4.74 Å². The standard InChI is InChI=1S/C12H12N4O/c1-9-4-3-5-10(12(9)17-2)14-6-11-15-7-13-8-16-11/h3-8H,1-2H3. The van der Waals surface area contributed by atoms with Gasteiger partial charge in [-0.15, -0.1) is 0 Å². The van der Waals surface area contributed by atoms with E-state index in [0.717, 1.165) is 17.0 Å². The minimum Gasteiger partial charge on any atom is -0.494 e. The van der Waals surface area contributed by atoms with Crippen LogP contribution in [0.3, 0.4) is 0 Å². The largest absolute Gasteiger partial charge is 0.494 e. The van der Waals surface area contributed by atoms with Crippen molar-refractivity contribution in [1.82, 2.24) is 15.0 Å². The average Bonchev–Trinajstić information content (AvgIpc) is 2.37. The van der Waals surface area contributed by atoms with E-state index in [1.165, 1.54) is 12.7 Å². The van der Waals surface area contributed by atoms with E-state index in [9.17, 15) is 0 Å². The topological polar surface area (TPSA) is 60.3 Å². The fourth-order valence-corrected chi connectivity index (χ4v) is 1.45. The maximum atomic E-state index is 5.30. The number of aromatic nitrogens is 3. The van der Waals surface area contributed by atoms with Crippen molar-refractivity contribution >= 4 is 11.9 Å². The summed E-state index contributed by atoms with van der Waals surface area (Å²) in [5.74, 6) is 1.28. The molecule has 0 bridgehead atoms. The van der Waals surface area contributed by atoms with Crippen LogP contribution >= 0.6 is 0 Å². The maximum Gasteiger partial charge on any atom is 0.173 e. The van der Waals surface area contributed by atoms with Gasteiger partial charge in [0, 0.05) is 0 Å². The van der Waals surface area contributed by atoms with Crippen molar-refractivity contribution in [3.8, 4) is 5.75 Å². The molecule has 17 heavy (non-hydrogen) atoms. The molecule has 0 amide bonds. The summed E-state index contributed by atoms with van der Waals surface area (Å²) in [6.45, 7) is 1.97. The number of rotatable bonds is 3. The molecule has 0 spiro atoms. The molecule has 0 fully saturated rings. The normalized spacial score (nSPS) is 10.7. The molecule has 5 nitrogen and oxygen atoms in total. The molecule has 5 heteroatoms. The highest BCUT2D eigenvalue weighted by molar-refractivity contribution is 5.78. The zero-order valence-electron chi connectivity index (χ0n) is 9.66. The smallest absolute Gasteiger partial charge is 0.173 e. The van der Waals surface area contributed by atoms with Crippen LogP contribution in [0, 0.1) is 6.92 Å². The number of nitrogens with zero attached hydrogens (tertiary/aromatic N) is 4. The van der Waals surface area contributed by atoms with Gasteiger partial charge < -0.3 is 4.74 Å². The lowest BCUT2D eigenvalue weighted by molar-refractivity contribution is 0.413. The second kappa shape index (κ2) is 5.16. The van der Waals surface area contributed by atoms with E-state index in [0.29, 0.717) is 5.82 Å². The third kappa shape index (κ3) is 2.63. The third-order valence-electron chi connectivity index (χ3n) is 2.23. The first-order valence-electron chi connectivity index (χ1n) is 5.11. The molecule has 0 aliphatic heterocycles. The average molecular weight is 228 g/mol. The Morgan fingerprint density at radius 2 is 2.00 bits per heavy atom. The lowest BCUT2D eigenvalue weighted by Crippen LogP contribution is -1.92. The first kappa shape index (κ1) is 11.2. The lowest BCUT2D eigenvalue weighted by Gasteiger charge is -2.06. The highest BCUT2D eigenvalue weighted by atomic mass is 16.5. The minimum atomic E-state index is 0.517. The maximum absolute atomic E-state index is 5.30. The molecule has 0 atom stereocenters. The first-order valence-corrected chi connectivity index (χ1v) is 5.11. The van der Waals surface area contributed by atoms with Crippen LogP contribution in [0.15, 0.2) is 35.8 Å². The van der Waals surface area contributed by atoms with Crippen LogP contribution in [0.25, 0.3) is 0 Å². The Kier molecular flexibility index (Phi) is 3.40. The Hall–Kier alpha value is -2.30. The molecule has 0 aliphatic carbocycles. The number of ether oxygens (including phenoxy) is 1. The monoisotopic (exact) mass is 228 g/mol. The number of methoxy groups -OCH3 is 1. The van der Waals surface area contributed by atoms with Gasteiger partial charge >= 0.3 is 0 Å². The Morgan fingerprint density at radius 1 is 1.24 bits per heavy atom.